The Morgan fingerprint density at radius 3 is 2.60 bits per heavy atom. The van der Waals surface area contributed by atoms with Gasteiger partial charge in [0.2, 0.25) is 4.38 Å². The Balaban J connectivity index is 2.19. The molecular weight excluding hydrogens is 168 g/mol. The average Bonchev–Trinajstić information content (AvgIpc) is 1.88. The van der Waals surface area contributed by atoms with Gasteiger partial charge in [-0.1, -0.05) is 12.6 Å². The number of thiol groups is 1. The molecule has 1 saturated heterocycles. The molecule has 0 unspecified atom stereocenters. The fourth-order valence-electron chi connectivity index (χ4n) is 0.936. The lowest BCUT2D eigenvalue weighted by atomic mass is 10.2. The Kier molecular flexibility index (Phi) is 3.45. The molecule has 0 aromatic carbocycles. The lowest BCUT2D eigenvalue weighted by molar-refractivity contribution is 0.0236. The van der Waals surface area contributed by atoms with E-state index in [4.69, 9.17) is 9.47 Å². The first kappa shape index (κ1) is 8.30. The predicted octanol–water partition coefficient (Wildman–Crippen LogP) is 1.40. The van der Waals surface area contributed by atoms with Crippen LogP contribution >= 0.6 is 24.8 Å². The van der Waals surface area contributed by atoms with E-state index in [-0.39, 0.29) is 6.10 Å². The minimum atomic E-state index is 0.235. The highest BCUT2D eigenvalue weighted by atomic mass is 32.1. The molecule has 0 atom stereocenters. The van der Waals surface area contributed by atoms with E-state index < -0.39 is 0 Å². The molecule has 0 saturated carbocycles. The molecule has 0 aliphatic carbocycles. The number of hydrogen-bond acceptors (Lipinski definition) is 3. The van der Waals surface area contributed by atoms with E-state index in [1.165, 1.54) is 0 Å². The highest BCUT2D eigenvalue weighted by Gasteiger charge is 2.14. The van der Waals surface area contributed by atoms with Crippen LogP contribution < -0.4 is 0 Å². The Morgan fingerprint density at radius 1 is 1.50 bits per heavy atom. The van der Waals surface area contributed by atoms with Gasteiger partial charge < -0.3 is 9.47 Å². The molecule has 1 rings (SSSR count). The zero-order valence-electron chi connectivity index (χ0n) is 5.58. The molecule has 1 aliphatic heterocycles. The van der Waals surface area contributed by atoms with Gasteiger partial charge in [0.1, 0.15) is 6.10 Å². The van der Waals surface area contributed by atoms with Gasteiger partial charge >= 0.3 is 0 Å². The minimum absolute atomic E-state index is 0.235. The summed E-state index contributed by atoms with van der Waals surface area (Å²) in [5.41, 5.74) is 0. The van der Waals surface area contributed by atoms with Crippen molar-refractivity contribution in [2.75, 3.05) is 13.2 Å². The summed E-state index contributed by atoms with van der Waals surface area (Å²) in [5, 5.41) is 0. The van der Waals surface area contributed by atoms with Crippen LogP contribution in [0.2, 0.25) is 0 Å². The lowest BCUT2D eigenvalue weighted by Crippen LogP contribution is -2.24. The van der Waals surface area contributed by atoms with E-state index in [0.29, 0.717) is 4.38 Å². The first-order valence-corrected chi connectivity index (χ1v) is 4.12. The molecule has 58 valence electrons. The van der Waals surface area contributed by atoms with Gasteiger partial charge in [0, 0.05) is 12.8 Å². The monoisotopic (exact) mass is 178 g/mol. The number of thiocarbonyl (C=S) groups is 1. The molecule has 1 fully saturated rings. The third-order valence-electron chi connectivity index (χ3n) is 1.44. The van der Waals surface area contributed by atoms with Crippen molar-refractivity contribution in [2.45, 2.75) is 18.9 Å². The van der Waals surface area contributed by atoms with Crippen LogP contribution in [-0.2, 0) is 9.47 Å². The van der Waals surface area contributed by atoms with Gasteiger partial charge in [-0.2, -0.15) is 0 Å². The molecule has 1 aliphatic rings. The number of rotatable bonds is 1. The number of ether oxygens (including phenoxy) is 2. The van der Waals surface area contributed by atoms with Crippen molar-refractivity contribution in [1.82, 2.24) is 0 Å². The highest BCUT2D eigenvalue weighted by Crippen LogP contribution is 2.11. The summed E-state index contributed by atoms with van der Waals surface area (Å²) in [6.45, 7) is 1.56. The topological polar surface area (TPSA) is 18.5 Å². The summed E-state index contributed by atoms with van der Waals surface area (Å²) in [4.78, 5) is 0. The zero-order chi connectivity index (χ0) is 7.40. The van der Waals surface area contributed by atoms with Gasteiger partial charge in [-0.25, -0.2) is 0 Å². The van der Waals surface area contributed by atoms with Gasteiger partial charge in [0.15, 0.2) is 0 Å². The van der Waals surface area contributed by atoms with Gasteiger partial charge in [-0.3, -0.25) is 0 Å². The van der Waals surface area contributed by atoms with E-state index in [0.717, 1.165) is 26.1 Å². The first-order chi connectivity index (χ1) is 4.79. The van der Waals surface area contributed by atoms with Crippen molar-refractivity contribution in [3.8, 4) is 0 Å². The normalized spacial score (nSPS) is 20.5. The molecule has 2 nitrogen and oxygen atoms in total. The van der Waals surface area contributed by atoms with E-state index in [1.807, 2.05) is 0 Å². The van der Waals surface area contributed by atoms with E-state index >= 15 is 0 Å². The van der Waals surface area contributed by atoms with Crippen LogP contribution in [0.25, 0.3) is 0 Å². The van der Waals surface area contributed by atoms with Crippen molar-refractivity contribution in [3.05, 3.63) is 0 Å². The Bertz CT molecular complexity index is 121. The molecule has 10 heavy (non-hydrogen) atoms. The molecular formula is C6H10O2S2. The fourth-order valence-corrected chi connectivity index (χ4v) is 1.22. The lowest BCUT2D eigenvalue weighted by Gasteiger charge is -2.21. The third kappa shape index (κ3) is 2.86. The summed E-state index contributed by atoms with van der Waals surface area (Å²) in [6.07, 6.45) is 2.10. The fraction of sp³-hybridized carbons (Fsp3) is 0.833. The van der Waals surface area contributed by atoms with Gasteiger partial charge in [0.05, 0.1) is 13.2 Å². The molecule has 0 bridgehead atoms. The summed E-state index contributed by atoms with van der Waals surface area (Å²) in [6, 6.07) is 0. The second-order valence-corrected chi connectivity index (χ2v) is 3.28. The van der Waals surface area contributed by atoms with E-state index in [1.54, 1.807) is 0 Å². The minimum Gasteiger partial charge on any atom is -0.475 e. The predicted molar refractivity (Wildman–Crippen MR) is 46.5 cm³/mol. The molecule has 0 radical (unpaired) electrons. The maximum absolute atomic E-state index is 5.21. The Morgan fingerprint density at radius 2 is 2.10 bits per heavy atom. The van der Waals surface area contributed by atoms with Crippen molar-refractivity contribution in [2.24, 2.45) is 0 Å². The zero-order valence-corrected chi connectivity index (χ0v) is 7.29. The summed E-state index contributed by atoms with van der Waals surface area (Å²) in [7, 11) is 0. The van der Waals surface area contributed by atoms with Crippen LogP contribution in [0.15, 0.2) is 0 Å². The van der Waals surface area contributed by atoms with E-state index in [2.05, 4.69) is 24.8 Å². The summed E-state index contributed by atoms with van der Waals surface area (Å²) < 4.78 is 10.7. The molecule has 0 amide bonds. The van der Waals surface area contributed by atoms with Crippen molar-refractivity contribution < 1.29 is 9.47 Å². The van der Waals surface area contributed by atoms with Gasteiger partial charge in [-0.05, 0) is 12.2 Å². The summed E-state index contributed by atoms with van der Waals surface area (Å²) in [5.74, 6) is 0. The molecule has 0 aromatic rings. The standard InChI is InChI=1S/C6H10O2S2/c9-6(10)8-5-1-3-7-4-2-5/h5H,1-4H2,(H,9,10). The maximum atomic E-state index is 5.21. The SMILES string of the molecule is S=C(S)OC1CCOCC1. The van der Waals surface area contributed by atoms with Crippen molar-refractivity contribution in [1.29, 1.82) is 0 Å². The van der Waals surface area contributed by atoms with Gasteiger partial charge in [0.25, 0.3) is 0 Å². The largest absolute Gasteiger partial charge is 0.475 e. The van der Waals surface area contributed by atoms with Crippen LogP contribution in [0.4, 0.5) is 0 Å². The molecule has 0 N–H and O–H groups in total. The Hall–Kier alpha value is 0.200. The van der Waals surface area contributed by atoms with Crippen LogP contribution in [0.3, 0.4) is 0 Å². The molecule has 4 heteroatoms. The molecule has 0 aromatic heterocycles. The van der Waals surface area contributed by atoms with Gasteiger partial charge in [-0.15, -0.1) is 0 Å². The average molecular weight is 178 g/mol. The smallest absolute Gasteiger partial charge is 0.217 e. The third-order valence-corrected chi connectivity index (χ3v) is 1.64. The van der Waals surface area contributed by atoms with Crippen LogP contribution in [0.1, 0.15) is 12.8 Å². The second-order valence-electron chi connectivity index (χ2n) is 2.20. The Labute approximate surface area is 71.3 Å². The van der Waals surface area contributed by atoms with Crippen molar-refractivity contribution in [3.63, 3.8) is 0 Å². The molecule has 1 heterocycles. The van der Waals surface area contributed by atoms with Crippen LogP contribution in [-0.4, -0.2) is 23.7 Å². The molecule has 0 spiro atoms. The quantitative estimate of drug-likeness (QED) is 0.483. The van der Waals surface area contributed by atoms with Crippen LogP contribution in [0, 0.1) is 0 Å². The van der Waals surface area contributed by atoms with Crippen molar-refractivity contribution >= 4 is 29.2 Å². The summed E-state index contributed by atoms with van der Waals surface area (Å²) >= 11 is 8.55. The maximum Gasteiger partial charge on any atom is 0.217 e. The first-order valence-electron chi connectivity index (χ1n) is 3.26. The second kappa shape index (κ2) is 4.16. The number of hydrogen-bond donors (Lipinski definition) is 1. The van der Waals surface area contributed by atoms with E-state index in [9.17, 15) is 0 Å². The van der Waals surface area contributed by atoms with Crippen LogP contribution in [0.5, 0.6) is 0 Å². The highest BCUT2D eigenvalue weighted by molar-refractivity contribution is 8.10.